The highest BCUT2D eigenvalue weighted by Crippen LogP contribution is 2.44. The van der Waals surface area contributed by atoms with Gasteiger partial charge in [0.2, 0.25) is 5.91 Å². The molecule has 4 aromatic rings. The van der Waals surface area contributed by atoms with E-state index in [0.717, 1.165) is 17.0 Å². The third-order valence-corrected chi connectivity index (χ3v) is 6.51. The zero-order valence-electron chi connectivity index (χ0n) is 18.8. The smallest absolute Gasteiger partial charge is 0.228 e. The lowest BCUT2D eigenvalue weighted by Crippen LogP contribution is -2.36. The van der Waals surface area contributed by atoms with E-state index in [1.807, 2.05) is 29.2 Å². The van der Waals surface area contributed by atoms with Crippen molar-refractivity contribution in [1.82, 2.24) is 0 Å². The SMILES string of the molecule is C=CCOc1ccc(C2CC(=O)N(Cc3ccccc3C)c3ccc4ccccc4c32)cc1. The van der Waals surface area contributed by atoms with Gasteiger partial charge in [-0.1, -0.05) is 79.4 Å². The molecule has 0 spiro atoms. The molecule has 1 aliphatic rings. The van der Waals surface area contributed by atoms with Gasteiger partial charge < -0.3 is 9.64 Å². The van der Waals surface area contributed by atoms with E-state index in [4.69, 9.17) is 4.74 Å². The van der Waals surface area contributed by atoms with Gasteiger partial charge in [0.25, 0.3) is 0 Å². The van der Waals surface area contributed by atoms with Crippen LogP contribution in [0.4, 0.5) is 5.69 Å². The molecule has 0 saturated carbocycles. The molecule has 164 valence electrons. The van der Waals surface area contributed by atoms with Crippen molar-refractivity contribution >= 4 is 22.4 Å². The molecule has 0 aliphatic carbocycles. The number of fused-ring (bicyclic) bond motifs is 3. The number of carbonyl (C=O) groups excluding carboxylic acids is 1. The van der Waals surface area contributed by atoms with Gasteiger partial charge in [-0.2, -0.15) is 0 Å². The molecule has 1 amide bonds. The van der Waals surface area contributed by atoms with Crippen LogP contribution in [0.15, 0.2) is 97.6 Å². The van der Waals surface area contributed by atoms with Gasteiger partial charge in [0.05, 0.1) is 6.54 Å². The first-order chi connectivity index (χ1) is 16.2. The fraction of sp³-hybridized carbons (Fsp3) is 0.167. The number of anilines is 1. The molecule has 0 bridgehead atoms. The maximum absolute atomic E-state index is 13.5. The largest absolute Gasteiger partial charge is 0.490 e. The number of carbonyl (C=O) groups is 1. The number of ether oxygens (including phenoxy) is 1. The van der Waals surface area contributed by atoms with Crippen LogP contribution in [0.2, 0.25) is 0 Å². The van der Waals surface area contributed by atoms with Crippen LogP contribution in [0.1, 0.15) is 34.6 Å². The zero-order valence-corrected chi connectivity index (χ0v) is 18.8. The Morgan fingerprint density at radius 2 is 1.73 bits per heavy atom. The number of benzene rings is 4. The minimum Gasteiger partial charge on any atom is -0.490 e. The van der Waals surface area contributed by atoms with E-state index in [1.54, 1.807) is 6.08 Å². The van der Waals surface area contributed by atoms with Crippen molar-refractivity contribution in [2.24, 2.45) is 0 Å². The molecule has 0 aromatic heterocycles. The minimum absolute atomic E-state index is 0.000162. The van der Waals surface area contributed by atoms with Crippen LogP contribution < -0.4 is 9.64 Å². The van der Waals surface area contributed by atoms with Gasteiger partial charge in [-0.15, -0.1) is 0 Å². The molecule has 0 radical (unpaired) electrons. The molecule has 0 saturated heterocycles. The average molecular weight is 434 g/mol. The fourth-order valence-corrected chi connectivity index (χ4v) is 4.77. The summed E-state index contributed by atoms with van der Waals surface area (Å²) in [6.45, 7) is 6.86. The van der Waals surface area contributed by atoms with Crippen LogP contribution in [0, 0.1) is 6.92 Å². The maximum Gasteiger partial charge on any atom is 0.228 e. The van der Waals surface area contributed by atoms with E-state index >= 15 is 0 Å². The predicted octanol–water partition coefficient (Wildman–Crippen LogP) is 6.78. The van der Waals surface area contributed by atoms with Gasteiger partial charge in [-0.3, -0.25) is 4.79 Å². The standard InChI is InChI=1S/C30H27NO2/c1-3-18-33-25-15-12-23(13-16-25)27-19-29(32)31(20-24-10-5-4-8-21(24)2)28-17-14-22-9-6-7-11-26(22)30(27)28/h3-17,27H,1,18-20H2,2H3. The average Bonchev–Trinajstić information content (AvgIpc) is 2.85. The van der Waals surface area contributed by atoms with Crippen molar-refractivity contribution in [1.29, 1.82) is 0 Å². The summed E-state index contributed by atoms with van der Waals surface area (Å²) in [5.41, 5.74) is 5.73. The molecule has 0 N–H and O–H groups in total. The Hall–Kier alpha value is -3.85. The number of rotatable bonds is 6. The van der Waals surface area contributed by atoms with Crippen LogP contribution in [-0.2, 0) is 11.3 Å². The summed E-state index contributed by atoms with van der Waals surface area (Å²) >= 11 is 0. The maximum atomic E-state index is 13.5. The van der Waals surface area contributed by atoms with Gasteiger partial charge in [-0.05, 0) is 58.1 Å². The first-order valence-corrected chi connectivity index (χ1v) is 11.4. The molecule has 1 aliphatic heterocycles. The number of nitrogens with zero attached hydrogens (tertiary/aromatic N) is 1. The van der Waals surface area contributed by atoms with Crippen molar-refractivity contribution < 1.29 is 9.53 Å². The van der Waals surface area contributed by atoms with Gasteiger partial charge in [0, 0.05) is 18.0 Å². The van der Waals surface area contributed by atoms with E-state index in [1.165, 1.54) is 27.5 Å². The second-order valence-electron chi connectivity index (χ2n) is 8.55. The molecule has 0 fully saturated rings. The minimum atomic E-state index is 0.000162. The van der Waals surface area contributed by atoms with E-state index < -0.39 is 0 Å². The van der Waals surface area contributed by atoms with Gasteiger partial charge >= 0.3 is 0 Å². The lowest BCUT2D eigenvalue weighted by molar-refractivity contribution is -0.119. The van der Waals surface area contributed by atoms with Crippen molar-refractivity contribution in [2.45, 2.75) is 25.8 Å². The Kier molecular flexibility index (Phi) is 5.70. The molecule has 1 atom stereocenters. The quantitative estimate of drug-likeness (QED) is 0.314. The molecular formula is C30H27NO2. The Bertz CT molecular complexity index is 1320. The van der Waals surface area contributed by atoms with E-state index in [-0.39, 0.29) is 11.8 Å². The van der Waals surface area contributed by atoms with Gasteiger partial charge in [0.1, 0.15) is 12.4 Å². The summed E-state index contributed by atoms with van der Waals surface area (Å²) in [6.07, 6.45) is 2.18. The predicted molar refractivity (Wildman–Crippen MR) is 135 cm³/mol. The molecule has 1 heterocycles. The fourth-order valence-electron chi connectivity index (χ4n) is 4.77. The van der Waals surface area contributed by atoms with E-state index in [9.17, 15) is 4.79 Å². The van der Waals surface area contributed by atoms with Crippen molar-refractivity contribution in [3.63, 3.8) is 0 Å². The lowest BCUT2D eigenvalue weighted by Gasteiger charge is -2.35. The monoisotopic (exact) mass is 433 g/mol. The van der Waals surface area contributed by atoms with Crippen molar-refractivity contribution in [3.05, 3.63) is 120 Å². The zero-order chi connectivity index (χ0) is 22.8. The Balaban J connectivity index is 1.61. The summed E-state index contributed by atoms with van der Waals surface area (Å²) < 4.78 is 5.66. The number of amides is 1. The molecule has 33 heavy (non-hydrogen) atoms. The molecule has 3 nitrogen and oxygen atoms in total. The summed E-state index contributed by atoms with van der Waals surface area (Å²) in [7, 11) is 0. The second kappa shape index (κ2) is 8.95. The Labute approximate surface area is 194 Å². The van der Waals surface area contributed by atoms with Gasteiger partial charge in [0.15, 0.2) is 0 Å². The van der Waals surface area contributed by atoms with Crippen LogP contribution >= 0.6 is 0 Å². The normalized spacial score (nSPS) is 15.4. The molecule has 3 heteroatoms. The second-order valence-corrected chi connectivity index (χ2v) is 8.55. The highest BCUT2D eigenvalue weighted by molar-refractivity contribution is 6.03. The first-order valence-electron chi connectivity index (χ1n) is 11.4. The molecule has 1 unspecified atom stereocenters. The van der Waals surface area contributed by atoms with Gasteiger partial charge in [-0.25, -0.2) is 0 Å². The third-order valence-electron chi connectivity index (χ3n) is 6.51. The van der Waals surface area contributed by atoms with Crippen LogP contribution in [-0.4, -0.2) is 12.5 Å². The Morgan fingerprint density at radius 3 is 2.52 bits per heavy atom. The number of hydrogen-bond acceptors (Lipinski definition) is 2. The van der Waals surface area contributed by atoms with Crippen LogP contribution in [0.25, 0.3) is 10.8 Å². The third kappa shape index (κ3) is 4.03. The lowest BCUT2D eigenvalue weighted by atomic mass is 9.81. The van der Waals surface area contributed by atoms with Crippen LogP contribution in [0.5, 0.6) is 5.75 Å². The highest BCUT2D eigenvalue weighted by atomic mass is 16.5. The Morgan fingerprint density at radius 1 is 0.970 bits per heavy atom. The van der Waals surface area contributed by atoms with Crippen molar-refractivity contribution in [2.75, 3.05) is 11.5 Å². The first kappa shape index (κ1) is 21.0. The van der Waals surface area contributed by atoms with E-state index in [2.05, 4.69) is 74.2 Å². The highest BCUT2D eigenvalue weighted by Gasteiger charge is 2.33. The summed E-state index contributed by atoms with van der Waals surface area (Å²) in [4.78, 5) is 15.5. The summed E-state index contributed by atoms with van der Waals surface area (Å²) in [6, 6.07) is 29.1. The van der Waals surface area contributed by atoms with Crippen molar-refractivity contribution in [3.8, 4) is 5.75 Å². The number of aryl methyl sites for hydroxylation is 1. The van der Waals surface area contributed by atoms with Crippen LogP contribution in [0.3, 0.4) is 0 Å². The van der Waals surface area contributed by atoms with E-state index in [0.29, 0.717) is 19.6 Å². The molecule has 4 aromatic carbocycles. The summed E-state index contributed by atoms with van der Waals surface area (Å²) in [5.74, 6) is 0.957. The topological polar surface area (TPSA) is 29.5 Å². The summed E-state index contributed by atoms with van der Waals surface area (Å²) in [5, 5.41) is 2.40. The molecular weight excluding hydrogens is 406 g/mol. The molecule has 5 rings (SSSR count). The number of hydrogen-bond donors (Lipinski definition) is 0.